The largest absolute Gasteiger partial charge is 2.00 e. The fourth-order valence-corrected chi connectivity index (χ4v) is 5.69. The number of hydrogen-bond donors (Lipinski definition) is 3. The van der Waals surface area contributed by atoms with E-state index >= 15 is 0 Å². The Balaban J connectivity index is 0.000000233. The average Bonchev–Trinajstić information content (AvgIpc) is 3.91. The molecule has 0 aliphatic heterocycles. The van der Waals surface area contributed by atoms with Gasteiger partial charge >= 0.3 is 43.6 Å². The normalized spacial score (nSPS) is 10.4. The van der Waals surface area contributed by atoms with Crippen molar-refractivity contribution in [3.8, 4) is 55.2 Å². The number of thiocarbonyl (C=S) groups is 1. The van der Waals surface area contributed by atoms with Gasteiger partial charge < -0.3 is 30.9 Å². The van der Waals surface area contributed by atoms with Crippen molar-refractivity contribution < 1.29 is 62.4 Å². The summed E-state index contributed by atoms with van der Waals surface area (Å²) < 4.78 is 37.9. The number of halogens is 3. The summed E-state index contributed by atoms with van der Waals surface area (Å²) in [5.41, 5.74) is 1.56. The van der Waals surface area contributed by atoms with Crippen molar-refractivity contribution in [3.05, 3.63) is 138 Å². The zero-order chi connectivity index (χ0) is 40.4. The van der Waals surface area contributed by atoms with Gasteiger partial charge in [-0.1, -0.05) is 24.0 Å². The number of hydrogen-bond acceptors (Lipinski definition) is 11. The van der Waals surface area contributed by atoms with E-state index in [0.717, 1.165) is 27.1 Å². The van der Waals surface area contributed by atoms with Gasteiger partial charge in [0.15, 0.2) is 0 Å². The topological polar surface area (TPSA) is 226 Å². The molecule has 7 heterocycles. The summed E-state index contributed by atoms with van der Waals surface area (Å²) in [5.74, 6) is -3.56. The quantitative estimate of drug-likeness (QED) is 0.0750. The molecule has 0 atom stereocenters. The van der Waals surface area contributed by atoms with Gasteiger partial charge in [0.25, 0.3) is 0 Å². The van der Waals surface area contributed by atoms with Crippen LogP contribution in [-0.2, 0) is 25.7 Å². The Morgan fingerprint density at radius 3 is 1.68 bits per heavy atom. The SMILES string of the molecule is FC(F)(F)c1cc(-c2ccc(-c3ccc(-c4ccccn4)s3)cn2)[n-]n1.O=C(O)c1ccnc(-c2cc(C(=O)O)cc(-c3cc(C(=O)O)ccn3)n2)c1.[N-]=C=S.[Ru+2]. The first-order valence-corrected chi connectivity index (χ1v) is 16.7. The second kappa shape index (κ2) is 19.2. The number of thiophene rings is 1. The van der Waals surface area contributed by atoms with Crippen LogP contribution in [0.4, 0.5) is 13.2 Å². The number of carboxylic acids is 3. The molecule has 3 N–H and O–H groups in total. The summed E-state index contributed by atoms with van der Waals surface area (Å²) in [4.78, 5) is 56.7. The number of carbonyl (C=O) groups is 3. The molecule has 0 spiro atoms. The number of aromatic carboxylic acids is 3. The number of alkyl halides is 3. The Labute approximate surface area is 341 Å². The van der Waals surface area contributed by atoms with E-state index in [-0.39, 0.29) is 64.6 Å². The maximum atomic E-state index is 12.6. The summed E-state index contributed by atoms with van der Waals surface area (Å²) in [7, 11) is 0. The first-order valence-electron chi connectivity index (χ1n) is 15.5. The van der Waals surface area contributed by atoms with Gasteiger partial charge in [-0.2, -0.15) is 18.3 Å². The molecule has 0 unspecified atom stereocenters. The number of rotatable bonds is 8. The molecule has 20 heteroatoms. The van der Waals surface area contributed by atoms with Gasteiger partial charge in [-0.05, 0) is 78.9 Å². The molecule has 286 valence electrons. The van der Waals surface area contributed by atoms with Gasteiger partial charge in [0.05, 0.1) is 50.0 Å². The van der Waals surface area contributed by atoms with Crippen molar-refractivity contribution in [2.45, 2.75) is 6.18 Å². The van der Waals surface area contributed by atoms with Gasteiger partial charge in [-0.15, -0.1) is 11.3 Å². The second-order valence-electron chi connectivity index (χ2n) is 10.9. The molecule has 0 aromatic carbocycles. The molecular formula is C37H21F3N8O6RuS2. The molecule has 0 bridgehead atoms. The third-order valence-corrected chi connectivity index (χ3v) is 8.43. The van der Waals surface area contributed by atoms with E-state index in [2.05, 4.69) is 47.3 Å². The maximum absolute atomic E-state index is 12.6. The number of carboxylic acid groups (broad SMARTS) is 3. The Kier molecular flexibility index (Phi) is 14.5. The Bertz CT molecular complexity index is 2490. The zero-order valence-electron chi connectivity index (χ0n) is 28.3. The van der Waals surface area contributed by atoms with E-state index in [1.165, 1.54) is 54.0 Å². The third kappa shape index (κ3) is 11.2. The van der Waals surface area contributed by atoms with E-state index in [1.807, 2.05) is 30.3 Å². The molecule has 0 saturated heterocycles. The van der Waals surface area contributed by atoms with Crippen LogP contribution in [0.25, 0.3) is 60.6 Å². The summed E-state index contributed by atoms with van der Waals surface area (Å²) in [6, 6.07) is 21.6. The van der Waals surface area contributed by atoms with Crippen molar-refractivity contribution in [3.63, 3.8) is 0 Å². The van der Waals surface area contributed by atoms with E-state index in [4.69, 9.17) is 15.6 Å². The van der Waals surface area contributed by atoms with Crippen LogP contribution < -0.4 is 5.10 Å². The smallest absolute Gasteiger partial charge is 0.753 e. The first kappa shape index (κ1) is 43.0. The van der Waals surface area contributed by atoms with Gasteiger partial charge in [0.1, 0.15) is 5.69 Å². The first-order chi connectivity index (χ1) is 26.8. The van der Waals surface area contributed by atoms with Crippen LogP contribution in [-0.4, -0.2) is 68.4 Å². The fraction of sp³-hybridized carbons (Fsp3) is 0.0270. The van der Waals surface area contributed by atoms with Crippen molar-refractivity contribution >= 4 is 46.6 Å². The fourth-order valence-electron chi connectivity index (χ4n) is 4.71. The van der Waals surface area contributed by atoms with Crippen molar-refractivity contribution in [2.24, 2.45) is 0 Å². The molecular weight excluding hydrogens is 875 g/mol. The molecule has 0 amide bonds. The minimum Gasteiger partial charge on any atom is -0.753 e. The predicted molar refractivity (Wildman–Crippen MR) is 200 cm³/mol. The molecule has 0 aliphatic carbocycles. The standard InChI is InChI=1S/C18H10F3N4S.C18H11N3O6.CNS.Ru/c19-18(20,21)17-9-14(24-25-17)12-5-4-11(10-23-12)15-6-7-16(26-15)13-3-1-2-8-22-13;22-16(23)9-1-3-19-12(5-9)14-7-11(18(26)27)8-15(21-14)13-6-10(17(24)25)2-4-20-13;2-1-3;/h1-10H;1-8H,(H,22,23)(H,24,25)(H,26,27);;/q-1;;-1;+2. The Morgan fingerprint density at radius 2 is 1.21 bits per heavy atom. The molecule has 57 heavy (non-hydrogen) atoms. The van der Waals surface area contributed by atoms with E-state index in [0.29, 0.717) is 5.69 Å². The van der Waals surface area contributed by atoms with Crippen molar-refractivity contribution in [2.75, 3.05) is 0 Å². The van der Waals surface area contributed by atoms with Crippen molar-refractivity contribution in [1.29, 1.82) is 0 Å². The minimum atomic E-state index is -4.51. The molecule has 0 fully saturated rings. The average molecular weight is 896 g/mol. The maximum Gasteiger partial charge on any atom is 2.00 e. The summed E-state index contributed by atoms with van der Waals surface area (Å²) >= 11 is 5.27. The molecule has 0 saturated carbocycles. The zero-order valence-corrected chi connectivity index (χ0v) is 31.7. The molecule has 0 radical (unpaired) electrons. The molecule has 14 nitrogen and oxygen atoms in total. The third-order valence-electron chi connectivity index (χ3n) is 7.27. The monoisotopic (exact) mass is 896 g/mol. The summed E-state index contributed by atoms with van der Waals surface area (Å²) in [5, 5.41) is 42.8. The number of isothiocyanates is 1. The van der Waals surface area contributed by atoms with Gasteiger partial charge in [0.2, 0.25) is 0 Å². The van der Waals surface area contributed by atoms with Crippen LogP contribution in [0.5, 0.6) is 0 Å². The van der Waals surface area contributed by atoms with E-state index in [9.17, 15) is 32.7 Å². The summed E-state index contributed by atoms with van der Waals surface area (Å²) in [6.07, 6.45) is 1.39. The Morgan fingerprint density at radius 1 is 0.667 bits per heavy atom. The molecule has 7 aromatic heterocycles. The van der Waals surface area contributed by atoms with E-state index < -0.39 is 29.8 Å². The van der Waals surface area contributed by atoms with Gasteiger partial charge in [-0.25, -0.2) is 19.4 Å². The second-order valence-corrected chi connectivity index (χ2v) is 12.2. The van der Waals surface area contributed by atoms with Gasteiger partial charge in [-0.3, -0.25) is 19.9 Å². The predicted octanol–water partition coefficient (Wildman–Crippen LogP) is 7.87. The van der Waals surface area contributed by atoms with E-state index in [1.54, 1.807) is 35.9 Å². The number of nitrogens with zero attached hydrogens (tertiary/aromatic N) is 8. The number of pyridine rings is 5. The van der Waals surface area contributed by atoms with Crippen LogP contribution in [0.1, 0.15) is 36.8 Å². The van der Waals surface area contributed by atoms with Crippen LogP contribution in [0.3, 0.4) is 0 Å². The molecule has 0 aliphatic rings. The van der Waals surface area contributed by atoms with Crippen molar-refractivity contribution in [1.82, 2.24) is 35.1 Å². The minimum absolute atomic E-state index is 0. The van der Waals surface area contributed by atoms with Crippen LogP contribution in [0.15, 0.2) is 110 Å². The van der Waals surface area contributed by atoms with Crippen LogP contribution in [0, 0.1) is 0 Å². The van der Waals surface area contributed by atoms with Crippen LogP contribution >= 0.6 is 23.6 Å². The van der Waals surface area contributed by atoms with Crippen LogP contribution in [0.2, 0.25) is 0 Å². The molecule has 7 rings (SSSR count). The van der Waals surface area contributed by atoms with Gasteiger partial charge in [0, 0.05) is 40.9 Å². The number of aromatic nitrogens is 7. The summed E-state index contributed by atoms with van der Waals surface area (Å²) in [6.45, 7) is 0. The Hall–Kier alpha value is -6.72. The molecule has 7 aromatic rings.